The molecular formula is C14H21BrN2S. The lowest BCUT2D eigenvalue weighted by molar-refractivity contribution is 0.560. The minimum atomic E-state index is 0.193. The smallest absolute Gasteiger partial charge is 0.0763 e. The van der Waals surface area contributed by atoms with Gasteiger partial charge in [0.25, 0.3) is 0 Å². The van der Waals surface area contributed by atoms with Crippen molar-refractivity contribution >= 4 is 27.3 Å². The third-order valence-electron chi connectivity index (χ3n) is 3.52. The van der Waals surface area contributed by atoms with Gasteiger partial charge in [-0.25, -0.2) is 5.43 Å². The van der Waals surface area contributed by atoms with Crippen molar-refractivity contribution in [1.29, 1.82) is 0 Å². The number of halogens is 1. The van der Waals surface area contributed by atoms with Crippen LogP contribution in [0.2, 0.25) is 0 Å². The van der Waals surface area contributed by atoms with E-state index in [0.29, 0.717) is 0 Å². The van der Waals surface area contributed by atoms with Gasteiger partial charge in [-0.05, 0) is 60.2 Å². The minimum absolute atomic E-state index is 0.193. The van der Waals surface area contributed by atoms with Crippen molar-refractivity contribution < 1.29 is 0 Å². The molecule has 0 radical (unpaired) electrons. The van der Waals surface area contributed by atoms with Crippen LogP contribution < -0.4 is 11.3 Å². The van der Waals surface area contributed by atoms with E-state index in [1.807, 2.05) is 0 Å². The van der Waals surface area contributed by atoms with Crippen LogP contribution in [-0.2, 0) is 0 Å². The molecule has 100 valence electrons. The fourth-order valence-electron chi connectivity index (χ4n) is 2.48. The van der Waals surface area contributed by atoms with Gasteiger partial charge in [-0.1, -0.05) is 24.5 Å². The zero-order chi connectivity index (χ0) is 13.0. The molecule has 1 aliphatic carbocycles. The first-order valence-corrected chi connectivity index (χ1v) is 8.24. The van der Waals surface area contributed by atoms with Crippen molar-refractivity contribution in [1.82, 2.24) is 5.43 Å². The number of rotatable bonds is 3. The number of allylic oxidation sites excluding steroid dienone is 1. The lowest BCUT2D eigenvalue weighted by Gasteiger charge is -2.20. The fraction of sp³-hybridized carbons (Fsp3) is 0.571. The number of nitrogens with two attached hydrogens (primary N) is 1. The van der Waals surface area contributed by atoms with Gasteiger partial charge in [0.1, 0.15) is 0 Å². The Labute approximate surface area is 122 Å². The zero-order valence-electron chi connectivity index (χ0n) is 10.8. The number of aryl methyl sites for hydroxylation is 1. The van der Waals surface area contributed by atoms with Crippen molar-refractivity contribution in [2.24, 2.45) is 5.84 Å². The Morgan fingerprint density at radius 3 is 2.78 bits per heavy atom. The first-order chi connectivity index (χ1) is 8.72. The second kappa shape index (κ2) is 6.85. The van der Waals surface area contributed by atoms with E-state index in [2.05, 4.69) is 40.4 Å². The topological polar surface area (TPSA) is 38.0 Å². The monoisotopic (exact) mass is 328 g/mol. The summed E-state index contributed by atoms with van der Waals surface area (Å²) in [6.45, 7) is 2.13. The molecule has 2 rings (SSSR count). The van der Waals surface area contributed by atoms with Crippen LogP contribution in [0.5, 0.6) is 0 Å². The van der Waals surface area contributed by atoms with Gasteiger partial charge in [0, 0.05) is 4.88 Å². The van der Waals surface area contributed by atoms with Crippen LogP contribution in [0.1, 0.15) is 55.0 Å². The Morgan fingerprint density at radius 2 is 2.11 bits per heavy atom. The van der Waals surface area contributed by atoms with Crippen LogP contribution in [0, 0.1) is 6.92 Å². The Balaban J connectivity index is 2.20. The Bertz CT molecular complexity index is 406. The van der Waals surface area contributed by atoms with Crippen LogP contribution in [-0.4, -0.2) is 0 Å². The highest BCUT2D eigenvalue weighted by Crippen LogP contribution is 2.36. The lowest BCUT2D eigenvalue weighted by atomic mass is 9.94. The van der Waals surface area contributed by atoms with Crippen LogP contribution in [0.4, 0.5) is 0 Å². The van der Waals surface area contributed by atoms with Crippen LogP contribution >= 0.6 is 27.3 Å². The molecule has 0 spiro atoms. The number of nitrogens with one attached hydrogen (secondary N) is 1. The molecule has 3 N–H and O–H groups in total. The summed E-state index contributed by atoms with van der Waals surface area (Å²) in [5.74, 6) is 5.79. The SMILES string of the molecule is Cc1cc(C(NN)/C2=C/CCCCCC2)sc1Br. The van der Waals surface area contributed by atoms with Gasteiger partial charge in [0.2, 0.25) is 0 Å². The molecular weight excluding hydrogens is 308 g/mol. The summed E-state index contributed by atoms with van der Waals surface area (Å²) in [7, 11) is 0. The molecule has 1 atom stereocenters. The molecule has 1 aromatic heterocycles. The van der Waals surface area contributed by atoms with Gasteiger partial charge in [-0.2, -0.15) is 0 Å². The number of hydrogen-bond acceptors (Lipinski definition) is 3. The second-order valence-electron chi connectivity index (χ2n) is 4.94. The van der Waals surface area contributed by atoms with Gasteiger partial charge in [0.05, 0.1) is 9.83 Å². The molecule has 0 saturated carbocycles. The Hall–Kier alpha value is -0.160. The first kappa shape index (κ1) is 14.3. The van der Waals surface area contributed by atoms with E-state index in [9.17, 15) is 0 Å². The molecule has 1 aliphatic rings. The van der Waals surface area contributed by atoms with E-state index in [-0.39, 0.29) is 6.04 Å². The first-order valence-electron chi connectivity index (χ1n) is 6.63. The molecule has 0 bridgehead atoms. The summed E-state index contributed by atoms with van der Waals surface area (Å²) < 4.78 is 1.21. The summed E-state index contributed by atoms with van der Waals surface area (Å²) in [5.41, 5.74) is 5.76. The van der Waals surface area contributed by atoms with Gasteiger partial charge in [-0.15, -0.1) is 11.3 Å². The van der Waals surface area contributed by atoms with Gasteiger partial charge in [-0.3, -0.25) is 5.84 Å². The molecule has 0 fully saturated rings. The van der Waals surface area contributed by atoms with Crippen molar-refractivity contribution in [3.8, 4) is 0 Å². The molecule has 2 nitrogen and oxygen atoms in total. The number of thiophene rings is 1. The predicted octanol–water partition coefficient (Wildman–Crippen LogP) is 4.60. The van der Waals surface area contributed by atoms with E-state index in [1.165, 1.54) is 58.3 Å². The third-order valence-corrected chi connectivity index (χ3v) is 5.73. The summed E-state index contributed by atoms with van der Waals surface area (Å²) in [4.78, 5) is 1.31. The van der Waals surface area contributed by atoms with E-state index in [0.717, 1.165) is 0 Å². The number of hydrazine groups is 1. The van der Waals surface area contributed by atoms with Gasteiger partial charge in [0.15, 0.2) is 0 Å². The molecule has 1 heterocycles. The number of hydrogen-bond donors (Lipinski definition) is 2. The highest BCUT2D eigenvalue weighted by Gasteiger charge is 2.18. The lowest BCUT2D eigenvalue weighted by Crippen LogP contribution is -2.29. The van der Waals surface area contributed by atoms with Crippen molar-refractivity contribution in [2.45, 2.75) is 51.5 Å². The molecule has 0 aliphatic heterocycles. The maximum Gasteiger partial charge on any atom is 0.0763 e. The minimum Gasteiger partial charge on any atom is -0.271 e. The molecule has 0 aromatic carbocycles. The molecule has 18 heavy (non-hydrogen) atoms. The average molecular weight is 329 g/mol. The Morgan fingerprint density at radius 1 is 1.33 bits per heavy atom. The van der Waals surface area contributed by atoms with E-state index < -0.39 is 0 Å². The molecule has 0 saturated heterocycles. The molecule has 0 amide bonds. The third kappa shape index (κ3) is 3.44. The Kier molecular flexibility index (Phi) is 5.42. The van der Waals surface area contributed by atoms with Crippen LogP contribution in [0.25, 0.3) is 0 Å². The summed E-state index contributed by atoms with van der Waals surface area (Å²) in [6.07, 6.45) is 10.1. The normalized spacial score (nSPS) is 21.8. The highest BCUT2D eigenvalue weighted by atomic mass is 79.9. The maximum absolute atomic E-state index is 5.79. The molecule has 4 heteroatoms. The second-order valence-corrected chi connectivity index (χ2v) is 7.34. The molecule has 1 unspecified atom stereocenters. The quantitative estimate of drug-likeness (QED) is 0.483. The van der Waals surface area contributed by atoms with Crippen LogP contribution in [0.15, 0.2) is 21.5 Å². The van der Waals surface area contributed by atoms with Gasteiger partial charge < -0.3 is 0 Å². The highest BCUT2D eigenvalue weighted by molar-refractivity contribution is 9.11. The van der Waals surface area contributed by atoms with E-state index in [4.69, 9.17) is 5.84 Å². The van der Waals surface area contributed by atoms with Crippen molar-refractivity contribution in [3.05, 3.63) is 31.9 Å². The van der Waals surface area contributed by atoms with Gasteiger partial charge >= 0.3 is 0 Å². The van der Waals surface area contributed by atoms with Crippen molar-refractivity contribution in [3.63, 3.8) is 0 Å². The maximum atomic E-state index is 5.79. The largest absolute Gasteiger partial charge is 0.271 e. The standard InChI is InChI=1S/C14H21BrN2S/c1-10-9-12(18-14(10)15)13(17-16)11-7-5-3-2-4-6-8-11/h7,9,13,17H,2-6,8,16H2,1H3/b11-7+. The van der Waals surface area contributed by atoms with E-state index in [1.54, 1.807) is 11.3 Å². The summed E-state index contributed by atoms with van der Waals surface area (Å²) in [5, 5.41) is 0. The van der Waals surface area contributed by atoms with Crippen molar-refractivity contribution in [2.75, 3.05) is 0 Å². The molecule has 1 aromatic rings. The summed E-state index contributed by atoms with van der Waals surface area (Å²) >= 11 is 5.38. The van der Waals surface area contributed by atoms with Crippen LogP contribution in [0.3, 0.4) is 0 Å². The zero-order valence-corrected chi connectivity index (χ0v) is 13.2. The average Bonchev–Trinajstić information content (AvgIpc) is 2.62. The fourth-order valence-corrected chi connectivity index (χ4v) is 4.15. The predicted molar refractivity (Wildman–Crippen MR) is 82.6 cm³/mol. The van der Waals surface area contributed by atoms with E-state index >= 15 is 0 Å². The summed E-state index contributed by atoms with van der Waals surface area (Å²) in [6, 6.07) is 2.43.